The molecule has 0 amide bonds. The molecular formula is C14H30N2O2. The Bertz CT molecular complexity index is 212. The third kappa shape index (κ3) is 4.50. The predicted molar refractivity (Wildman–Crippen MR) is 74.7 cm³/mol. The normalized spacial score (nSPS) is 20.0. The Hall–Kier alpha value is -0.160. The number of hydrogen-bond acceptors (Lipinski definition) is 4. The highest BCUT2D eigenvalue weighted by Gasteiger charge is 2.28. The van der Waals surface area contributed by atoms with E-state index in [1.807, 2.05) is 0 Å². The second-order valence-corrected chi connectivity index (χ2v) is 5.56. The Morgan fingerprint density at radius 1 is 0.944 bits per heavy atom. The van der Waals surface area contributed by atoms with E-state index in [4.69, 9.17) is 5.11 Å². The topological polar surface area (TPSA) is 46.9 Å². The summed E-state index contributed by atoms with van der Waals surface area (Å²) < 4.78 is 0. The molecule has 108 valence electrons. The third-order valence-corrected chi connectivity index (χ3v) is 4.49. The average Bonchev–Trinajstić information content (AvgIpc) is 2.62. The summed E-state index contributed by atoms with van der Waals surface area (Å²) in [5.41, 5.74) is 0.0755. The largest absolute Gasteiger partial charge is 0.396 e. The maximum absolute atomic E-state index is 9.64. The fraction of sp³-hybridized carbons (Fsp3) is 1.00. The molecule has 18 heavy (non-hydrogen) atoms. The van der Waals surface area contributed by atoms with Gasteiger partial charge in [0.15, 0.2) is 0 Å². The van der Waals surface area contributed by atoms with Gasteiger partial charge < -0.3 is 15.1 Å². The standard InChI is InChI=1S/C14H30N2O2/c1-3-14(4-2,13-18)12-16-7-5-6-15(8-9-16)10-11-17/h17-18H,3-13H2,1-2H3. The lowest BCUT2D eigenvalue weighted by atomic mass is 9.82. The minimum Gasteiger partial charge on any atom is -0.396 e. The Labute approximate surface area is 112 Å². The van der Waals surface area contributed by atoms with Gasteiger partial charge in [0.2, 0.25) is 0 Å². The van der Waals surface area contributed by atoms with E-state index in [1.165, 1.54) is 0 Å². The molecule has 2 N–H and O–H groups in total. The Morgan fingerprint density at radius 3 is 2.11 bits per heavy atom. The number of β-amino-alcohol motifs (C(OH)–C–C–N with tert-alkyl or cyclic N) is 1. The molecule has 0 saturated carbocycles. The van der Waals surface area contributed by atoms with Crippen LogP contribution in [0.15, 0.2) is 0 Å². The summed E-state index contributed by atoms with van der Waals surface area (Å²) in [5.74, 6) is 0. The molecular weight excluding hydrogens is 228 g/mol. The second-order valence-electron chi connectivity index (χ2n) is 5.56. The zero-order valence-electron chi connectivity index (χ0n) is 12.1. The first-order valence-electron chi connectivity index (χ1n) is 7.36. The molecule has 1 rings (SSSR count). The van der Waals surface area contributed by atoms with Gasteiger partial charge in [0.1, 0.15) is 0 Å². The van der Waals surface area contributed by atoms with Crippen LogP contribution < -0.4 is 0 Å². The van der Waals surface area contributed by atoms with E-state index in [9.17, 15) is 5.11 Å². The van der Waals surface area contributed by atoms with Crippen LogP contribution in [0.2, 0.25) is 0 Å². The van der Waals surface area contributed by atoms with E-state index >= 15 is 0 Å². The molecule has 0 spiro atoms. The Kier molecular flexibility index (Phi) is 7.15. The van der Waals surface area contributed by atoms with Crippen molar-refractivity contribution < 1.29 is 10.2 Å². The van der Waals surface area contributed by atoms with Crippen LogP contribution in [0.25, 0.3) is 0 Å². The van der Waals surface area contributed by atoms with Gasteiger partial charge in [0, 0.05) is 38.2 Å². The molecule has 1 aliphatic rings. The van der Waals surface area contributed by atoms with Crippen molar-refractivity contribution in [2.45, 2.75) is 33.1 Å². The van der Waals surface area contributed by atoms with Crippen LogP contribution in [0, 0.1) is 5.41 Å². The molecule has 1 heterocycles. The van der Waals surface area contributed by atoms with Gasteiger partial charge in [-0.05, 0) is 32.4 Å². The molecule has 0 aromatic carbocycles. The first kappa shape index (κ1) is 15.9. The van der Waals surface area contributed by atoms with Crippen LogP contribution in [0.5, 0.6) is 0 Å². The number of rotatable bonds is 7. The summed E-state index contributed by atoms with van der Waals surface area (Å²) in [6.07, 6.45) is 3.24. The number of hydrogen-bond donors (Lipinski definition) is 2. The Morgan fingerprint density at radius 2 is 1.56 bits per heavy atom. The first-order valence-corrected chi connectivity index (χ1v) is 7.36. The summed E-state index contributed by atoms with van der Waals surface area (Å²) >= 11 is 0. The van der Waals surface area contributed by atoms with Crippen molar-refractivity contribution in [3.63, 3.8) is 0 Å². The number of aliphatic hydroxyl groups is 2. The van der Waals surface area contributed by atoms with Gasteiger partial charge in [0.05, 0.1) is 6.61 Å². The monoisotopic (exact) mass is 258 g/mol. The van der Waals surface area contributed by atoms with E-state index in [0.717, 1.165) is 58.5 Å². The number of aliphatic hydroxyl groups excluding tert-OH is 2. The molecule has 4 nitrogen and oxygen atoms in total. The molecule has 1 saturated heterocycles. The quantitative estimate of drug-likeness (QED) is 0.709. The molecule has 0 unspecified atom stereocenters. The predicted octanol–water partition coefficient (Wildman–Crippen LogP) is 0.785. The molecule has 1 aliphatic heterocycles. The van der Waals surface area contributed by atoms with Crippen LogP contribution in [-0.2, 0) is 0 Å². The molecule has 0 aromatic rings. The molecule has 4 heteroatoms. The van der Waals surface area contributed by atoms with Crippen molar-refractivity contribution in [3.8, 4) is 0 Å². The van der Waals surface area contributed by atoms with Crippen LogP contribution in [0.3, 0.4) is 0 Å². The molecule has 0 aromatic heterocycles. The summed E-state index contributed by atoms with van der Waals surface area (Å²) in [6.45, 7) is 11.0. The van der Waals surface area contributed by atoms with Gasteiger partial charge in [-0.25, -0.2) is 0 Å². The molecule has 0 bridgehead atoms. The fourth-order valence-corrected chi connectivity index (χ4v) is 2.77. The maximum atomic E-state index is 9.64. The van der Waals surface area contributed by atoms with E-state index in [1.54, 1.807) is 0 Å². The highest BCUT2D eigenvalue weighted by molar-refractivity contribution is 4.81. The maximum Gasteiger partial charge on any atom is 0.0558 e. The van der Waals surface area contributed by atoms with Crippen LogP contribution in [-0.4, -0.2) is 72.5 Å². The van der Waals surface area contributed by atoms with Gasteiger partial charge in [-0.3, -0.25) is 4.90 Å². The van der Waals surface area contributed by atoms with Crippen molar-refractivity contribution in [1.82, 2.24) is 9.80 Å². The molecule has 0 atom stereocenters. The lowest BCUT2D eigenvalue weighted by Crippen LogP contribution is -2.41. The summed E-state index contributed by atoms with van der Waals surface area (Å²) in [6, 6.07) is 0. The van der Waals surface area contributed by atoms with Gasteiger partial charge in [-0.2, -0.15) is 0 Å². The first-order chi connectivity index (χ1) is 8.69. The lowest BCUT2D eigenvalue weighted by Gasteiger charge is -2.35. The minimum absolute atomic E-state index is 0.0755. The lowest BCUT2D eigenvalue weighted by molar-refractivity contribution is 0.0668. The molecule has 0 radical (unpaired) electrons. The van der Waals surface area contributed by atoms with Crippen molar-refractivity contribution in [3.05, 3.63) is 0 Å². The van der Waals surface area contributed by atoms with Crippen LogP contribution >= 0.6 is 0 Å². The van der Waals surface area contributed by atoms with Crippen molar-refractivity contribution in [2.24, 2.45) is 5.41 Å². The third-order valence-electron chi connectivity index (χ3n) is 4.49. The summed E-state index contributed by atoms with van der Waals surface area (Å²) in [7, 11) is 0. The van der Waals surface area contributed by atoms with Gasteiger partial charge >= 0.3 is 0 Å². The van der Waals surface area contributed by atoms with Gasteiger partial charge in [0.25, 0.3) is 0 Å². The van der Waals surface area contributed by atoms with Crippen molar-refractivity contribution in [2.75, 3.05) is 52.5 Å². The SMILES string of the molecule is CCC(CC)(CO)CN1CCCN(CCO)CC1. The smallest absolute Gasteiger partial charge is 0.0558 e. The molecule has 1 fully saturated rings. The minimum atomic E-state index is 0.0755. The van der Waals surface area contributed by atoms with Crippen molar-refractivity contribution >= 4 is 0 Å². The Balaban J connectivity index is 2.47. The number of nitrogens with zero attached hydrogens (tertiary/aromatic N) is 2. The van der Waals surface area contributed by atoms with E-state index in [-0.39, 0.29) is 18.6 Å². The second kappa shape index (κ2) is 8.10. The summed E-state index contributed by atoms with van der Waals surface area (Å²) in [5, 5.41) is 18.6. The van der Waals surface area contributed by atoms with E-state index in [2.05, 4.69) is 23.6 Å². The van der Waals surface area contributed by atoms with Crippen LogP contribution in [0.1, 0.15) is 33.1 Å². The van der Waals surface area contributed by atoms with Crippen molar-refractivity contribution in [1.29, 1.82) is 0 Å². The summed E-state index contributed by atoms with van der Waals surface area (Å²) in [4.78, 5) is 4.82. The van der Waals surface area contributed by atoms with E-state index < -0.39 is 0 Å². The highest BCUT2D eigenvalue weighted by atomic mass is 16.3. The molecule has 0 aliphatic carbocycles. The van der Waals surface area contributed by atoms with Gasteiger partial charge in [-0.1, -0.05) is 13.8 Å². The average molecular weight is 258 g/mol. The fourth-order valence-electron chi connectivity index (χ4n) is 2.77. The zero-order chi connectivity index (χ0) is 13.4. The van der Waals surface area contributed by atoms with Crippen LogP contribution in [0.4, 0.5) is 0 Å². The van der Waals surface area contributed by atoms with Gasteiger partial charge in [-0.15, -0.1) is 0 Å². The van der Waals surface area contributed by atoms with E-state index in [0.29, 0.717) is 0 Å². The zero-order valence-corrected chi connectivity index (χ0v) is 12.1. The highest BCUT2D eigenvalue weighted by Crippen LogP contribution is 2.27.